The molecule has 17 heavy (non-hydrogen) atoms. The first-order valence-corrected chi connectivity index (χ1v) is 7.60. The van der Waals surface area contributed by atoms with Crippen LogP contribution in [0.25, 0.3) is 0 Å². The lowest BCUT2D eigenvalue weighted by atomic mass is 9.95. The van der Waals surface area contributed by atoms with E-state index >= 15 is 0 Å². The predicted octanol–water partition coefficient (Wildman–Crippen LogP) is 3.49. The third kappa shape index (κ3) is 4.87. The average Bonchev–Trinajstić information content (AvgIpc) is 2.65. The van der Waals surface area contributed by atoms with Crippen LogP contribution >= 0.6 is 39.7 Å². The van der Waals surface area contributed by atoms with Crippen LogP contribution in [0.15, 0.2) is 15.9 Å². The smallest absolute Gasteiger partial charge is 0.0328 e. The molecule has 2 nitrogen and oxygen atoms in total. The van der Waals surface area contributed by atoms with Crippen molar-refractivity contribution in [2.24, 2.45) is 11.7 Å². The van der Waals surface area contributed by atoms with E-state index in [1.165, 1.54) is 41.7 Å². The zero-order valence-corrected chi connectivity index (χ0v) is 13.1. The molecule has 5 heteroatoms. The summed E-state index contributed by atoms with van der Waals surface area (Å²) in [6.45, 7) is 4.42. The van der Waals surface area contributed by atoms with Gasteiger partial charge in [0.25, 0.3) is 0 Å². The summed E-state index contributed by atoms with van der Waals surface area (Å²) in [5, 5.41) is 2.16. The van der Waals surface area contributed by atoms with E-state index in [9.17, 15) is 0 Å². The van der Waals surface area contributed by atoms with Gasteiger partial charge in [0.2, 0.25) is 0 Å². The van der Waals surface area contributed by atoms with E-state index in [2.05, 4.69) is 32.3 Å². The van der Waals surface area contributed by atoms with Crippen LogP contribution in [-0.2, 0) is 6.54 Å². The molecule has 1 aliphatic heterocycles. The summed E-state index contributed by atoms with van der Waals surface area (Å²) >= 11 is 5.35. The van der Waals surface area contributed by atoms with Gasteiger partial charge in [-0.2, -0.15) is 0 Å². The van der Waals surface area contributed by atoms with Crippen LogP contribution in [0.1, 0.15) is 24.1 Å². The van der Waals surface area contributed by atoms with Crippen molar-refractivity contribution in [3.8, 4) is 0 Å². The van der Waals surface area contributed by atoms with Crippen LogP contribution in [0, 0.1) is 5.92 Å². The van der Waals surface area contributed by atoms with Gasteiger partial charge in [-0.05, 0) is 60.3 Å². The number of thiophene rings is 1. The van der Waals surface area contributed by atoms with Crippen molar-refractivity contribution in [1.29, 1.82) is 0 Å². The van der Waals surface area contributed by atoms with Gasteiger partial charge in [-0.25, -0.2) is 0 Å². The monoisotopic (exact) mass is 338 g/mol. The normalized spacial score (nSPS) is 21.2. The minimum Gasteiger partial charge on any atom is -0.330 e. The number of piperidine rings is 1. The van der Waals surface area contributed by atoms with Crippen LogP contribution < -0.4 is 5.73 Å². The number of halogens is 2. The van der Waals surface area contributed by atoms with E-state index in [0.717, 1.165) is 19.0 Å². The summed E-state index contributed by atoms with van der Waals surface area (Å²) in [6, 6.07) is 2.23. The van der Waals surface area contributed by atoms with Gasteiger partial charge in [0, 0.05) is 27.8 Å². The number of hydrogen-bond acceptors (Lipinski definition) is 3. The minimum atomic E-state index is 0. The Labute approximate surface area is 122 Å². The molecule has 0 radical (unpaired) electrons. The van der Waals surface area contributed by atoms with Crippen LogP contribution in [0.4, 0.5) is 0 Å². The van der Waals surface area contributed by atoms with Gasteiger partial charge < -0.3 is 5.73 Å². The van der Waals surface area contributed by atoms with Gasteiger partial charge in [-0.1, -0.05) is 0 Å². The molecule has 1 aromatic heterocycles. The maximum atomic E-state index is 5.64. The second-order valence-electron chi connectivity index (χ2n) is 4.55. The predicted molar refractivity (Wildman–Crippen MR) is 80.9 cm³/mol. The van der Waals surface area contributed by atoms with Crippen molar-refractivity contribution >= 4 is 39.7 Å². The number of rotatable bonds is 4. The highest BCUT2D eigenvalue weighted by molar-refractivity contribution is 9.10. The molecule has 1 saturated heterocycles. The molecular formula is C12H20BrClN2S. The lowest BCUT2D eigenvalue weighted by molar-refractivity contribution is 0.164. The highest BCUT2D eigenvalue weighted by atomic mass is 79.9. The second-order valence-corrected chi connectivity index (χ2v) is 6.46. The van der Waals surface area contributed by atoms with Crippen LogP contribution in [0.5, 0.6) is 0 Å². The Morgan fingerprint density at radius 2 is 2.35 bits per heavy atom. The maximum Gasteiger partial charge on any atom is 0.0328 e. The van der Waals surface area contributed by atoms with E-state index in [0.29, 0.717) is 0 Å². The molecule has 0 aromatic carbocycles. The van der Waals surface area contributed by atoms with Crippen molar-refractivity contribution in [2.75, 3.05) is 19.6 Å². The van der Waals surface area contributed by atoms with E-state index in [1.807, 2.05) is 11.3 Å². The molecule has 2 N–H and O–H groups in total. The first-order valence-electron chi connectivity index (χ1n) is 5.93. The number of hydrogen-bond donors (Lipinski definition) is 1. The molecule has 0 aliphatic carbocycles. The zero-order valence-electron chi connectivity index (χ0n) is 9.90. The van der Waals surface area contributed by atoms with Crippen molar-refractivity contribution in [3.63, 3.8) is 0 Å². The van der Waals surface area contributed by atoms with Gasteiger partial charge in [0.1, 0.15) is 0 Å². The lowest BCUT2D eigenvalue weighted by Gasteiger charge is -2.32. The molecule has 2 rings (SSSR count). The first-order chi connectivity index (χ1) is 7.78. The van der Waals surface area contributed by atoms with E-state index in [-0.39, 0.29) is 12.4 Å². The number of nitrogens with zero attached hydrogens (tertiary/aromatic N) is 1. The molecule has 0 amide bonds. The molecule has 98 valence electrons. The summed E-state index contributed by atoms with van der Waals surface area (Å²) in [5.41, 5.74) is 5.64. The molecule has 2 heterocycles. The fourth-order valence-electron chi connectivity index (χ4n) is 2.42. The summed E-state index contributed by atoms with van der Waals surface area (Å²) in [4.78, 5) is 4.03. The van der Waals surface area contributed by atoms with Gasteiger partial charge in [0.05, 0.1) is 0 Å². The molecule has 1 atom stereocenters. The van der Waals surface area contributed by atoms with Crippen molar-refractivity contribution < 1.29 is 0 Å². The second kappa shape index (κ2) is 7.74. The van der Waals surface area contributed by atoms with E-state index in [1.54, 1.807) is 0 Å². The largest absolute Gasteiger partial charge is 0.330 e. The van der Waals surface area contributed by atoms with Crippen LogP contribution in [0.2, 0.25) is 0 Å². The molecule has 1 fully saturated rings. The Kier molecular flexibility index (Phi) is 7.04. The SMILES string of the molecule is Cl.NCCC1CCCN(Cc2cc(Br)cs2)C1. The molecule has 1 aromatic rings. The summed E-state index contributed by atoms with van der Waals surface area (Å²) < 4.78 is 1.21. The average molecular weight is 340 g/mol. The van der Waals surface area contributed by atoms with Gasteiger partial charge in [0.15, 0.2) is 0 Å². The molecule has 0 saturated carbocycles. The molecule has 0 bridgehead atoms. The van der Waals surface area contributed by atoms with Gasteiger partial charge >= 0.3 is 0 Å². The fourth-order valence-corrected chi connectivity index (χ4v) is 3.92. The third-order valence-corrected chi connectivity index (χ3v) is 4.86. The highest BCUT2D eigenvalue weighted by Gasteiger charge is 2.19. The van der Waals surface area contributed by atoms with Gasteiger partial charge in [-0.3, -0.25) is 4.90 Å². The lowest BCUT2D eigenvalue weighted by Crippen LogP contribution is -2.35. The number of nitrogens with two attached hydrogens (primary N) is 1. The molecule has 1 aliphatic rings. The topological polar surface area (TPSA) is 29.3 Å². The Balaban J connectivity index is 0.00000144. The van der Waals surface area contributed by atoms with Crippen LogP contribution in [0.3, 0.4) is 0 Å². The Morgan fingerprint density at radius 1 is 1.53 bits per heavy atom. The van der Waals surface area contributed by atoms with Gasteiger partial charge in [-0.15, -0.1) is 23.7 Å². The first kappa shape index (κ1) is 15.4. The standard InChI is InChI=1S/C12H19BrN2S.ClH/c13-11-6-12(16-9-11)8-15-5-1-2-10(7-15)3-4-14;/h6,9-10H,1-5,7-8,14H2;1H. The molecule has 0 spiro atoms. The van der Waals surface area contributed by atoms with Crippen molar-refractivity contribution in [1.82, 2.24) is 4.90 Å². The zero-order chi connectivity index (χ0) is 11.4. The fraction of sp³-hybridized carbons (Fsp3) is 0.667. The Morgan fingerprint density at radius 3 is 3.00 bits per heavy atom. The van der Waals surface area contributed by atoms with Crippen molar-refractivity contribution in [3.05, 3.63) is 20.8 Å². The summed E-state index contributed by atoms with van der Waals surface area (Å²) in [5.74, 6) is 0.821. The summed E-state index contributed by atoms with van der Waals surface area (Å²) in [7, 11) is 0. The number of likely N-dealkylation sites (tertiary alicyclic amines) is 1. The van der Waals surface area contributed by atoms with Crippen molar-refractivity contribution in [2.45, 2.75) is 25.8 Å². The highest BCUT2D eigenvalue weighted by Crippen LogP contribution is 2.24. The van der Waals surface area contributed by atoms with Crippen LogP contribution in [-0.4, -0.2) is 24.5 Å². The van der Waals surface area contributed by atoms with E-state index < -0.39 is 0 Å². The third-order valence-electron chi connectivity index (χ3n) is 3.18. The molecule has 1 unspecified atom stereocenters. The maximum absolute atomic E-state index is 5.64. The Bertz CT molecular complexity index is 330. The minimum absolute atomic E-state index is 0. The summed E-state index contributed by atoms with van der Waals surface area (Å²) in [6.07, 6.45) is 3.88. The Hall–Kier alpha value is 0.390. The quantitative estimate of drug-likeness (QED) is 0.910. The molecular weight excluding hydrogens is 320 g/mol. The van der Waals surface area contributed by atoms with E-state index in [4.69, 9.17) is 5.73 Å².